The van der Waals surface area contributed by atoms with Crippen LogP contribution in [0.25, 0.3) is 10.7 Å². The lowest BCUT2D eigenvalue weighted by Crippen LogP contribution is -2.17. The smallest absolute Gasteiger partial charge is 0.328 e. The monoisotopic (exact) mass is 254 g/mol. The number of rotatable bonds is 4. The molecule has 2 rings (SSSR count). The first-order chi connectivity index (χ1) is 8.13. The van der Waals surface area contributed by atoms with Gasteiger partial charge < -0.3 is 9.84 Å². The molecule has 0 saturated carbocycles. The van der Waals surface area contributed by atoms with Crippen LogP contribution < -0.4 is 4.74 Å². The van der Waals surface area contributed by atoms with Crippen LogP contribution in [0.15, 0.2) is 11.4 Å². The van der Waals surface area contributed by atoms with Crippen LogP contribution in [-0.4, -0.2) is 38.4 Å². The van der Waals surface area contributed by atoms with Crippen molar-refractivity contribution in [1.82, 2.24) is 20.2 Å². The second kappa shape index (κ2) is 4.50. The van der Waals surface area contributed by atoms with Crippen LogP contribution in [0.3, 0.4) is 0 Å². The third-order valence-corrected chi connectivity index (χ3v) is 3.15. The van der Waals surface area contributed by atoms with Gasteiger partial charge in [-0.1, -0.05) is 0 Å². The van der Waals surface area contributed by atoms with Crippen molar-refractivity contribution in [2.24, 2.45) is 0 Å². The number of aromatic nitrogens is 4. The maximum Gasteiger partial charge on any atom is 0.328 e. The van der Waals surface area contributed by atoms with E-state index in [0.717, 1.165) is 4.88 Å². The molecule has 0 aromatic carbocycles. The Bertz CT molecular complexity index is 536. The lowest BCUT2D eigenvalue weighted by atomic mass is 10.3. The molecule has 0 aliphatic heterocycles. The molecule has 0 spiro atoms. The maximum atomic E-state index is 10.9. The molecular weight excluding hydrogens is 244 g/mol. The number of tetrazole rings is 1. The number of hydrogen-bond donors (Lipinski definition) is 1. The van der Waals surface area contributed by atoms with Gasteiger partial charge in [-0.25, -0.2) is 9.48 Å². The number of ether oxygens (including phenoxy) is 1. The van der Waals surface area contributed by atoms with Crippen molar-refractivity contribution in [1.29, 1.82) is 0 Å². The third-order valence-electron chi connectivity index (χ3n) is 2.25. The summed E-state index contributed by atoms with van der Waals surface area (Å²) in [6, 6.07) is 0.953. The van der Waals surface area contributed by atoms with Gasteiger partial charge in [0.25, 0.3) is 0 Å². The van der Waals surface area contributed by atoms with E-state index in [-0.39, 0.29) is 0 Å². The largest absolute Gasteiger partial charge is 0.496 e. The molecule has 1 atom stereocenters. The van der Waals surface area contributed by atoms with Crippen molar-refractivity contribution in [3.8, 4) is 16.5 Å². The summed E-state index contributed by atoms with van der Waals surface area (Å²) >= 11 is 1.39. The highest BCUT2D eigenvalue weighted by Crippen LogP contribution is 2.30. The highest BCUT2D eigenvalue weighted by molar-refractivity contribution is 7.13. The summed E-state index contributed by atoms with van der Waals surface area (Å²) in [5.74, 6) is 0.137. The van der Waals surface area contributed by atoms with Gasteiger partial charge in [0.2, 0.25) is 0 Å². The van der Waals surface area contributed by atoms with Gasteiger partial charge in [-0.2, -0.15) is 0 Å². The number of nitrogens with zero attached hydrogens (tertiary/aromatic N) is 4. The fourth-order valence-electron chi connectivity index (χ4n) is 1.26. The standard InChI is InChI=1S/C9H10N4O3S/c1-5(9(14)15)13-8(10-11-12-13)7-3-6(16-2)4-17-7/h3-5H,1-2H3,(H,14,15). The van der Waals surface area contributed by atoms with Gasteiger partial charge in [-0.15, -0.1) is 16.4 Å². The van der Waals surface area contributed by atoms with Gasteiger partial charge in [-0.3, -0.25) is 0 Å². The molecule has 17 heavy (non-hydrogen) atoms. The van der Waals surface area contributed by atoms with E-state index in [0.29, 0.717) is 11.6 Å². The lowest BCUT2D eigenvalue weighted by molar-refractivity contribution is -0.140. The van der Waals surface area contributed by atoms with Gasteiger partial charge in [-0.05, 0) is 17.4 Å². The SMILES string of the molecule is COc1csc(-c2nnnn2C(C)C(=O)O)c1. The van der Waals surface area contributed by atoms with Crippen LogP contribution in [0, 0.1) is 0 Å². The van der Waals surface area contributed by atoms with Gasteiger partial charge in [0.15, 0.2) is 11.9 Å². The first-order valence-corrected chi connectivity index (χ1v) is 5.65. The summed E-state index contributed by atoms with van der Waals surface area (Å²) in [5.41, 5.74) is 0. The first kappa shape index (κ1) is 11.5. The fraction of sp³-hybridized carbons (Fsp3) is 0.333. The molecular formula is C9H10N4O3S. The van der Waals surface area contributed by atoms with E-state index in [1.807, 2.05) is 0 Å². The highest BCUT2D eigenvalue weighted by Gasteiger charge is 2.21. The summed E-state index contributed by atoms with van der Waals surface area (Å²) in [6.45, 7) is 1.52. The van der Waals surface area contributed by atoms with Crippen LogP contribution >= 0.6 is 11.3 Å². The molecule has 0 aliphatic carbocycles. The Hall–Kier alpha value is -1.96. The molecule has 1 N–H and O–H groups in total. The molecule has 0 saturated heterocycles. The lowest BCUT2D eigenvalue weighted by Gasteiger charge is -2.06. The van der Waals surface area contributed by atoms with Crippen molar-refractivity contribution < 1.29 is 14.6 Å². The van der Waals surface area contributed by atoms with E-state index in [9.17, 15) is 4.79 Å². The summed E-state index contributed by atoms with van der Waals surface area (Å²) in [6.07, 6.45) is 0. The van der Waals surface area contributed by atoms with Crippen molar-refractivity contribution in [2.45, 2.75) is 13.0 Å². The average molecular weight is 254 g/mol. The predicted molar refractivity (Wildman–Crippen MR) is 60.0 cm³/mol. The van der Waals surface area contributed by atoms with E-state index >= 15 is 0 Å². The van der Waals surface area contributed by atoms with E-state index in [1.165, 1.54) is 22.9 Å². The van der Waals surface area contributed by atoms with E-state index in [2.05, 4.69) is 15.5 Å². The maximum absolute atomic E-state index is 10.9. The fourth-order valence-corrected chi connectivity index (χ4v) is 2.10. The third kappa shape index (κ3) is 2.11. The quantitative estimate of drug-likeness (QED) is 0.877. The van der Waals surface area contributed by atoms with E-state index in [4.69, 9.17) is 9.84 Å². The van der Waals surface area contributed by atoms with Crippen LogP contribution in [0.4, 0.5) is 0 Å². The molecule has 8 heteroatoms. The Kier molecular flexibility index (Phi) is 3.05. The Labute approximate surface area is 101 Å². The van der Waals surface area contributed by atoms with Crippen LogP contribution in [0.1, 0.15) is 13.0 Å². The zero-order valence-electron chi connectivity index (χ0n) is 9.19. The van der Waals surface area contributed by atoms with Crippen molar-refractivity contribution in [3.05, 3.63) is 11.4 Å². The van der Waals surface area contributed by atoms with Crippen molar-refractivity contribution in [3.63, 3.8) is 0 Å². The van der Waals surface area contributed by atoms with Gasteiger partial charge in [0.1, 0.15) is 5.75 Å². The molecule has 0 aliphatic rings. The molecule has 0 amide bonds. The minimum Gasteiger partial charge on any atom is -0.496 e. The Morgan fingerprint density at radius 2 is 2.41 bits per heavy atom. The molecule has 0 bridgehead atoms. The van der Waals surface area contributed by atoms with E-state index < -0.39 is 12.0 Å². The minimum atomic E-state index is -0.984. The van der Waals surface area contributed by atoms with E-state index in [1.54, 1.807) is 18.6 Å². The topological polar surface area (TPSA) is 90.1 Å². The normalized spacial score (nSPS) is 12.4. The number of aliphatic carboxylic acids is 1. The molecule has 2 aromatic heterocycles. The minimum absolute atomic E-state index is 0.424. The zero-order valence-corrected chi connectivity index (χ0v) is 10.0. The number of carboxylic acid groups (broad SMARTS) is 1. The molecule has 0 radical (unpaired) electrons. The van der Waals surface area contributed by atoms with Crippen LogP contribution in [0.5, 0.6) is 5.75 Å². The molecule has 1 unspecified atom stereocenters. The Morgan fingerprint density at radius 3 is 3.00 bits per heavy atom. The van der Waals surface area contributed by atoms with Crippen LogP contribution in [0.2, 0.25) is 0 Å². The summed E-state index contributed by atoms with van der Waals surface area (Å²) in [4.78, 5) is 11.7. The second-order valence-corrected chi connectivity index (χ2v) is 4.22. The van der Waals surface area contributed by atoms with Crippen molar-refractivity contribution >= 4 is 17.3 Å². The van der Waals surface area contributed by atoms with Gasteiger partial charge in [0, 0.05) is 11.4 Å². The molecule has 0 fully saturated rings. The number of carbonyl (C=O) groups is 1. The summed E-state index contributed by atoms with van der Waals surface area (Å²) < 4.78 is 6.33. The predicted octanol–water partition coefficient (Wildman–Crippen LogP) is 1.06. The Morgan fingerprint density at radius 1 is 1.65 bits per heavy atom. The second-order valence-electron chi connectivity index (χ2n) is 3.31. The number of hydrogen-bond acceptors (Lipinski definition) is 6. The zero-order chi connectivity index (χ0) is 12.4. The van der Waals surface area contributed by atoms with Crippen molar-refractivity contribution in [2.75, 3.05) is 7.11 Å². The summed E-state index contributed by atoms with van der Waals surface area (Å²) in [7, 11) is 1.56. The average Bonchev–Trinajstić information content (AvgIpc) is 2.95. The molecule has 7 nitrogen and oxygen atoms in total. The van der Waals surface area contributed by atoms with Gasteiger partial charge in [0.05, 0.1) is 12.0 Å². The first-order valence-electron chi connectivity index (χ1n) is 4.77. The highest BCUT2D eigenvalue weighted by atomic mass is 32.1. The number of methoxy groups -OCH3 is 1. The molecule has 2 heterocycles. The number of thiophene rings is 1. The molecule has 2 aromatic rings. The Balaban J connectivity index is 2.39. The van der Waals surface area contributed by atoms with Gasteiger partial charge >= 0.3 is 5.97 Å². The number of carboxylic acids is 1. The molecule has 90 valence electrons. The summed E-state index contributed by atoms with van der Waals surface area (Å²) in [5, 5.41) is 21.8. The van der Waals surface area contributed by atoms with Crippen LogP contribution in [-0.2, 0) is 4.79 Å².